The van der Waals surface area contributed by atoms with Gasteiger partial charge in [-0.2, -0.15) is 0 Å². The van der Waals surface area contributed by atoms with Gasteiger partial charge in [0.2, 0.25) is 0 Å². The van der Waals surface area contributed by atoms with E-state index in [-0.39, 0.29) is 0 Å². The summed E-state index contributed by atoms with van der Waals surface area (Å²) in [5.41, 5.74) is 0.364. The van der Waals surface area contributed by atoms with E-state index in [1.54, 1.807) is 11.3 Å². The molecule has 1 fully saturated rings. The van der Waals surface area contributed by atoms with Crippen LogP contribution in [-0.2, 0) is 6.54 Å². The Kier molecular flexibility index (Phi) is 5.29. The van der Waals surface area contributed by atoms with Crippen LogP contribution in [0.25, 0.3) is 0 Å². The van der Waals surface area contributed by atoms with Gasteiger partial charge in [-0.15, -0.1) is 11.3 Å². The van der Waals surface area contributed by atoms with Crippen molar-refractivity contribution < 1.29 is 0 Å². The zero-order valence-electron chi connectivity index (χ0n) is 12.2. The molecule has 1 saturated heterocycles. The third-order valence-electron chi connectivity index (χ3n) is 4.13. The van der Waals surface area contributed by atoms with Crippen LogP contribution in [0.4, 0.5) is 0 Å². The number of halogens is 1. The molecule has 1 atom stereocenters. The fourth-order valence-corrected chi connectivity index (χ4v) is 4.27. The van der Waals surface area contributed by atoms with Crippen LogP contribution in [0.3, 0.4) is 0 Å². The number of piperidine rings is 1. The van der Waals surface area contributed by atoms with Crippen molar-refractivity contribution in [2.45, 2.75) is 33.2 Å². The molecule has 0 saturated carbocycles. The van der Waals surface area contributed by atoms with Gasteiger partial charge in [-0.25, -0.2) is 0 Å². The lowest BCUT2D eigenvalue weighted by Gasteiger charge is -2.39. The van der Waals surface area contributed by atoms with Crippen LogP contribution >= 0.6 is 22.9 Å². The van der Waals surface area contributed by atoms with Gasteiger partial charge in [-0.1, -0.05) is 25.4 Å². The molecule has 4 heteroatoms. The first-order valence-corrected chi connectivity index (χ1v) is 8.30. The van der Waals surface area contributed by atoms with Crippen molar-refractivity contribution in [2.24, 2.45) is 11.3 Å². The predicted molar refractivity (Wildman–Crippen MR) is 85.0 cm³/mol. The molecule has 1 unspecified atom stereocenters. The fraction of sp³-hybridized carbons (Fsp3) is 0.733. The second kappa shape index (κ2) is 6.57. The highest BCUT2D eigenvalue weighted by atomic mass is 35.5. The minimum absolute atomic E-state index is 0.364. The van der Waals surface area contributed by atoms with Crippen LogP contribution in [0.15, 0.2) is 12.1 Å². The molecular formula is C15H25ClN2S. The van der Waals surface area contributed by atoms with Gasteiger partial charge in [0, 0.05) is 18.0 Å². The van der Waals surface area contributed by atoms with Crippen LogP contribution in [-0.4, -0.2) is 31.6 Å². The highest BCUT2D eigenvalue weighted by Crippen LogP contribution is 2.33. The first kappa shape index (κ1) is 15.3. The molecule has 0 aromatic carbocycles. The van der Waals surface area contributed by atoms with Gasteiger partial charge in [-0.3, -0.25) is 0 Å². The number of nitrogens with zero attached hydrogens (tertiary/aromatic N) is 1. The Morgan fingerprint density at radius 3 is 2.84 bits per heavy atom. The fourth-order valence-electron chi connectivity index (χ4n) is 3.10. The van der Waals surface area contributed by atoms with Crippen LogP contribution in [0.5, 0.6) is 0 Å². The number of nitrogens with one attached hydrogen (secondary N) is 1. The normalized spacial score (nSPS) is 21.0. The lowest BCUT2D eigenvalue weighted by molar-refractivity contribution is 0.112. The SMILES string of the molecule is CN(Cc1ccc(Cl)s1)CC(C)(C)C1CCCNC1. The molecule has 0 aliphatic carbocycles. The summed E-state index contributed by atoms with van der Waals surface area (Å²) in [6.07, 6.45) is 2.68. The molecule has 1 aliphatic rings. The summed E-state index contributed by atoms with van der Waals surface area (Å²) < 4.78 is 0.888. The summed E-state index contributed by atoms with van der Waals surface area (Å²) >= 11 is 7.68. The van der Waals surface area contributed by atoms with Gasteiger partial charge in [0.1, 0.15) is 0 Å². The van der Waals surface area contributed by atoms with E-state index in [1.165, 1.54) is 30.8 Å². The highest BCUT2D eigenvalue weighted by Gasteiger charge is 2.31. The molecule has 2 heterocycles. The molecule has 1 aliphatic heterocycles. The van der Waals surface area contributed by atoms with Crippen LogP contribution < -0.4 is 5.32 Å². The van der Waals surface area contributed by atoms with E-state index in [0.29, 0.717) is 5.41 Å². The van der Waals surface area contributed by atoms with E-state index in [4.69, 9.17) is 11.6 Å². The maximum atomic E-state index is 5.99. The highest BCUT2D eigenvalue weighted by molar-refractivity contribution is 7.16. The monoisotopic (exact) mass is 300 g/mol. The lowest BCUT2D eigenvalue weighted by Crippen LogP contribution is -2.43. The molecule has 1 N–H and O–H groups in total. The molecule has 0 bridgehead atoms. The summed E-state index contributed by atoms with van der Waals surface area (Å²) in [5, 5.41) is 3.53. The summed E-state index contributed by atoms with van der Waals surface area (Å²) in [6.45, 7) is 9.31. The van der Waals surface area contributed by atoms with Gasteiger partial charge < -0.3 is 10.2 Å². The smallest absolute Gasteiger partial charge is 0.0931 e. The molecule has 0 spiro atoms. The van der Waals surface area contributed by atoms with E-state index in [1.807, 2.05) is 6.07 Å². The van der Waals surface area contributed by atoms with Crippen molar-refractivity contribution >= 4 is 22.9 Å². The van der Waals surface area contributed by atoms with E-state index < -0.39 is 0 Å². The Morgan fingerprint density at radius 2 is 2.26 bits per heavy atom. The summed E-state index contributed by atoms with van der Waals surface area (Å²) in [4.78, 5) is 3.78. The average Bonchev–Trinajstić information content (AvgIpc) is 2.75. The second-order valence-corrected chi connectivity index (χ2v) is 8.21. The van der Waals surface area contributed by atoms with Crippen molar-refractivity contribution in [3.05, 3.63) is 21.3 Å². The zero-order chi connectivity index (χ0) is 13.9. The van der Waals surface area contributed by atoms with Crippen molar-refractivity contribution in [2.75, 3.05) is 26.7 Å². The molecular weight excluding hydrogens is 276 g/mol. The van der Waals surface area contributed by atoms with Gasteiger partial charge in [0.15, 0.2) is 0 Å². The van der Waals surface area contributed by atoms with E-state index in [9.17, 15) is 0 Å². The number of thiophene rings is 1. The Bertz CT molecular complexity index is 397. The molecule has 1 aromatic heterocycles. The molecule has 0 amide bonds. The van der Waals surface area contributed by atoms with Crippen LogP contribution in [0.2, 0.25) is 4.34 Å². The van der Waals surface area contributed by atoms with Gasteiger partial charge in [0.05, 0.1) is 4.34 Å². The number of hydrogen-bond donors (Lipinski definition) is 1. The largest absolute Gasteiger partial charge is 0.316 e. The topological polar surface area (TPSA) is 15.3 Å². The summed E-state index contributed by atoms with van der Waals surface area (Å²) in [6, 6.07) is 4.13. The first-order chi connectivity index (χ1) is 8.97. The van der Waals surface area contributed by atoms with Gasteiger partial charge >= 0.3 is 0 Å². The summed E-state index contributed by atoms with van der Waals surface area (Å²) in [7, 11) is 2.21. The van der Waals surface area contributed by atoms with E-state index in [2.05, 4.69) is 37.2 Å². The predicted octanol–water partition coefficient (Wildman–Crippen LogP) is 3.86. The second-order valence-electron chi connectivity index (χ2n) is 6.41. The zero-order valence-corrected chi connectivity index (χ0v) is 13.8. The van der Waals surface area contributed by atoms with E-state index >= 15 is 0 Å². The van der Waals surface area contributed by atoms with Crippen molar-refractivity contribution in [3.8, 4) is 0 Å². The molecule has 108 valence electrons. The van der Waals surface area contributed by atoms with E-state index in [0.717, 1.165) is 23.3 Å². The van der Waals surface area contributed by atoms with Crippen molar-refractivity contribution in [3.63, 3.8) is 0 Å². The molecule has 2 nitrogen and oxygen atoms in total. The maximum absolute atomic E-state index is 5.99. The maximum Gasteiger partial charge on any atom is 0.0931 e. The lowest BCUT2D eigenvalue weighted by atomic mass is 9.74. The number of hydrogen-bond acceptors (Lipinski definition) is 3. The molecule has 2 rings (SSSR count). The quantitative estimate of drug-likeness (QED) is 0.888. The minimum atomic E-state index is 0.364. The Morgan fingerprint density at radius 1 is 1.47 bits per heavy atom. The van der Waals surface area contributed by atoms with Crippen LogP contribution in [0, 0.1) is 11.3 Å². The summed E-state index contributed by atoms with van der Waals surface area (Å²) in [5.74, 6) is 0.788. The third kappa shape index (κ3) is 4.45. The Labute approximate surface area is 126 Å². The Balaban J connectivity index is 1.87. The van der Waals surface area contributed by atoms with Crippen molar-refractivity contribution in [1.82, 2.24) is 10.2 Å². The third-order valence-corrected chi connectivity index (χ3v) is 5.35. The molecule has 0 radical (unpaired) electrons. The minimum Gasteiger partial charge on any atom is -0.316 e. The first-order valence-electron chi connectivity index (χ1n) is 7.11. The molecule has 19 heavy (non-hydrogen) atoms. The van der Waals surface area contributed by atoms with Gasteiger partial charge in [0.25, 0.3) is 0 Å². The van der Waals surface area contributed by atoms with Crippen LogP contribution in [0.1, 0.15) is 31.6 Å². The standard InChI is InChI=1S/C15H25ClN2S/c1-15(2,12-5-4-8-17-9-12)11-18(3)10-13-6-7-14(16)19-13/h6-7,12,17H,4-5,8-11H2,1-3H3. The number of rotatable bonds is 5. The van der Waals surface area contributed by atoms with Gasteiger partial charge in [-0.05, 0) is 56.4 Å². The Hall–Kier alpha value is -0.0900. The van der Waals surface area contributed by atoms with Crippen molar-refractivity contribution in [1.29, 1.82) is 0 Å². The molecule has 1 aromatic rings. The average molecular weight is 301 g/mol.